The largest absolute Gasteiger partial charge is 0.444 e. The van der Waals surface area contributed by atoms with E-state index in [2.05, 4.69) is 10.3 Å². The number of amides is 2. The van der Waals surface area contributed by atoms with Crippen LogP contribution in [0.1, 0.15) is 37.7 Å². The van der Waals surface area contributed by atoms with Crippen molar-refractivity contribution < 1.29 is 14.3 Å². The van der Waals surface area contributed by atoms with Crippen LogP contribution in [-0.2, 0) is 4.74 Å². The highest BCUT2D eigenvalue weighted by atomic mass is 16.6. The number of ether oxygens (including phenoxy) is 1. The van der Waals surface area contributed by atoms with Gasteiger partial charge in [-0.15, -0.1) is 0 Å². The van der Waals surface area contributed by atoms with Crippen LogP contribution in [-0.4, -0.2) is 46.6 Å². The van der Waals surface area contributed by atoms with Gasteiger partial charge in [-0.25, -0.2) is 4.79 Å². The smallest absolute Gasteiger partial charge is 0.410 e. The number of nitrogens with zero attached hydrogens (tertiary/aromatic N) is 2. The second-order valence-electron chi connectivity index (χ2n) is 7.68. The standard InChI is InChI=1S/C21H25N3O3/c1-21(2,3)27-20(26)24-12-11-17(14-24)23-19(25)18-10-9-16(13-22-18)15-7-5-4-6-8-15/h4-10,13,17H,11-12,14H2,1-3H3,(H,23,25)/t17-/m1/s1. The molecule has 0 aliphatic carbocycles. The Morgan fingerprint density at radius 2 is 1.85 bits per heavy atom. The highest BCUT2D eigenvalue weighted by Gasteiger charge is 2.30. The summed E-state index contributed by atoms with van der Waals surface area (Å²) in [5.41, 5.74) is 1.86. The monoisotopic (exact) mass is 367 g/mol. The van der Waals surface area contributed by atoms with Crippen molar-refractivity contribution in [3.8, 4) is 11.1 Å². The lowest BCUT2D eigenvalue weighted by Gasteiger charge is -2.24. The van der Waals surface area contributed by atoms with Crippen molar-refractivity contribution in [2.75, 3.05) is 13.1 Å². The first-order valence-corrected chi connectivity index (χ1v) is 9.12. The topological polar surface area (TPSA) is 71.5 Å². The fourth-order valence-electron chi connectivity index (χ4n) is 2.96. The zero-order valence-corrected chi connectivity index (χ0v) is 15.9. The fraction of sp³-hybridized carbons (Fsp3) is 0.381. The van der Waals surface area contributed by atoms with Crippen molar-refractivity contribution >= 4 is 12.0 Å². The van der Waals surface area contributed by atoms with Gasteiger partial charge in [-0.05, 0) is 38.8 Å². The van der Waals surface area contributed by atoms with Gasteiger partial charge in [0.25, 0.3) is 5.91 Å². The van der Waals surface area contributed by atoms with Gasteiger partial charge in [0.2, 0.25) is 0 Å². The summed E-state index contributed by atoms with van der Waals surface area (Å²) in [5, 5.41) is 2.95. The molecule has 1 fully saturated rings. The highest BCUT2D eigenvalue weighted by Crippen LogP contribution is 2.18. The molecule has 0 bridgehead atoms. The third kappa shape index (κ3) is 5.06. The van der Waals surface area contributed by atoms with Gasteiger partial charge >= 0.3 is 6.09 Å². The van der Waals surface area contributed by atoms with E-state index in [1.54, 1.807) is 17.2 Å². The molecule has 6 nitrogen and oxygen atoms in total. The predicted molar refractivity (Wildman–Crippen MR) is 103 cm³/mol. The molecule has 1 aromatic carbocycles. The molecule has 0 spiro atoms. The number of rotatable bonds is 3. The van der Waals surface area contributed by atoms with Crippen LogP contribution in [0.25, 0.3) is 11.1 Å². The summed E-state index contributed by atoms with van der Waals surface area (Å²) in [6.07, 6.45) is 2.06. The lowest BCUT2D eigenvalue weighted by molar-refractivity contribution is 0.0290. The Hall–Kier alpha value is -2.89. The molecule has 0 saturated carbocycles. The van der Waals surface area contributed by atoms with E-state index in [1.807, 2.05) is 57.2 Å². The summed E-state index contributed by atoms with van der Waals surface area (Å²) in [7, 11) is 0. The van der Waals surface area contributed by atoms with Crippen molar-refractivity contribution in [3.05, 3.63) is 54.4 Å². The summed E-state index contributed by atoms with van der Waals surface area (Å²) in [4.78, 5) is 30.5. The van der Waals surface area contributed by atoms with Gasteiger partial charge in [-0.3, -0.25) is 9.78 Å². The number of likely N-dealkylation sites (tertiary alicyclic amines) is 1. The minimum atomic E-state index is -0.525. The van der Waals surface area contributed by atoms with Gasteiger partial charge < -0.3 is 15.0 Å². The molecule has 27 heavy (non-hydrogen) atoms. The molecule has 2 amide bonds. The van der Waals surface area contributed by atoms with Crippen molar-refractivity contribution in [1.82, 2.24) is 15.2 Å². The first-order valence-electron chi connectivity index (χ1n) is 9.12. The molecule has 6 heteroatoms. The lowest BCUT2D eigenvalue weighted by Crippen LogP contribution is -2.40. The van der Waals surface area contributed by atoms with Crippen LogP contribution < -0.4 is 5.32 Å². The average molecular weight is 367 g/mol. The predicted octanol–water partition coefficient (Wildman–Crippen LogP) is 3.49. The first-order chi connectivity index (χ1) is 12.8. The minimum absolute atomic E-state index is 0.0966. The molecular weight excluding hydrogens is 342 g/mol. The van der Waals surface area contributed by atoms with Crippen LogP contribution in [0.4, 0.5) is 4.79 Å². The number of nitrogens with one attached hydrogen (secondary N) is 1. The van der Waals surface area contributed by atoms with Gasteiger partial charge in [0.05, 0.1) is 0 Å². The van der Waals surface area contributed by atoms with Gasteiger partial charge in [0.1, 0.15) is 11.3 Å². The van der Waals surface area contributed by atoms with E-state index < -0.39 is 5.60 Å². The number of carbonyl (C=O) groups is 2. The number of benzene rings is 1. The van der Waals surface area contributed by atoms with Crippen molar-refractivity contribution in [3.63, 3.8) is 0 Å². The summed E-state index contributed by atoms with van der Waals surface area (Å²) in [5.74, 6) is -0.231. The summed E-state index contributed by atoms with van der Waals surface area (Å²) < 4.78 is 5.38. The number of hydrogen-bond donors (Lipinski definition) is 1. The van der Waals surface area contributed by atoms with Crippen molar-refractivity contribution in [2.45, 2.75) is 38.8 Å². The van der Waals surface area contributed by atoms with Crippen LogP contribution in [0.15, 0.2) is 48.7 Å². The molecule has 1 N–H and O–H groups in total. The minimum Gasteiger partial charge on any atom is -0.444 e. The molecule has 1 atom stereocenters. The van der Waals surface area contributed by atoms with Crippen LogP contribution in [0.2, 0.25) is 0 Å². The van der Waals surface area contributed by atoms with E-state index >= 15 is 0 Å². The number of pyridine rings is 1. The number of hydrogen-bond acceptors (Lipinski definition) is 4. The van der Waals surface area contributed by atoms with E-state index in [1.165, 1.54) is 0 Å². The summed E-state index contributed by atoms with van der Waals surface area (Å²) in [6.45, 7) is 6.53. The van der Waals surface area contributed by atoms with Gasteiger partial charge in [-0.2, -0.15) is 0 Å². The number of aromatic nitrogens is 1. The van der Waals surface area contributed by atoms with Crippen LogP contribution in [0.3, 0.4) is 0 Å². The third-order valence-corrected chi connectivity index (χ3v) is 4.28. The molecule has 3 rings (SSSR count). The lowest BCUT2D eigenvalue weighted by atomic mass is 10.1. The van der Waals surface area contributed by atoms with E-state index in [4.69, 9.17) is 4.74 Å². The normalized spacial score (nSPS) is 16.9. The highest BCUT2D eigenvalue weighted by molar-refractivity contribution is 5.92. The van der Waals surface area contributed by atoms with Crippen LogP contribution >= 0.6 is 0 Å². The van der Waals surface area contributed by atoms with Crippen molar-refractivity contribution in [1.29, 1.82) is 0 Å². The van der Waals surface area contributed by atoms with E-state index in [9.17, 15) is 9.59 Å². The van der Waals surface area contributed by atoms with E-state index in [-0.39, 0.29) is 18.0 Å². The molecule has 1 aromatic heterocycles. The molecule has 1 saturated heterocycles. The van der Waals surface area contributed by atoms with Crippen molar-refractivity contribution in [2.24, 2.45) is 0 Å². The summed E-state index contributed by atoms with van der Waals surface area (Å²) >= 11 is 0. The quantitative estimate of drug-likeness (QED) is 0.901. The zero-order chi connectivity index (χ0) is 19.4. The Kier molecular flexibility index (Phi) is 5.44. The van der Waals surface area contributed by atoms with Gasteiger partial charge in [0.15, 0.2) is 0 Å². The maximum atomic E-state index is 12.4. The first kappa shape index (κ1) is 18.9. The maximum Gasteiger partial charge on any atom is 0.410 e. The Bertz CT molecular complexity index is 798. The molecule has 2 aromatic rings. The van der Waals surface area contributed by atoms with E-state index in [0.29, 0.717) is 25.2 Å². The number of carbonyl (C=O) groups excluding carboxylic acids is 2. The molecule has 0 radical (unpaired) electrons. The average Bonchev–Trinajstić information content (AvgIpc) is 3.10. The van der Waals surface area contributed by atoms with Gasteiger partial charge in [-0.1, -0.05) is 36.4 Å². The van der Waals surface area contributed by atoms with E-state index in [0.717, 1.165) is 11.1 Å². The second-order valence-corrected chi connectivity index (χ2v) is 7.68. The third-order valence-electron chi connectivity index (χ3n) is 4.28. The molecular formula is C21H25N3O3. The zero-order valence-electron chi connectivity index (χ0n) is 15.9. The van der Waals surface area contributed by atoms with Crippen LogP contribution in [0.5, 0.6) is 0 Å². The molecule has 2 heterocycles. The Labute approximate surface area is 159 Å². The summed E-state index contributed by atoms with van der Waals surface area (Å²) in [6, 6.07) is 13.4. The fourth-order valence-corrected chi connectivity index (χ4v) is 2.96. The molecule has 1 aliphatic heterocycles. The Morgan fingerprint density at radius 1 is 1.11 bits per heavy atom. The van der Waals surface area contributed by atoms with Crippen LogP contribution in [0, 0.1) is 0 Å². The molecule has 1 aliphatic rings. The SMILES string of the molecule is CC(C)(C)OC(=O)N1CC[C@@H](NC(=O)c2ccc(-c3ccccc3)cn2)C1. The Morgan fingerprint density at radius 3 is 2.48 bits per heavy atom. The maximum absolute atomic E-state index is 12.4. The second kappa shape index (κ2) is 7.78. The Balaban J connectivity index is 1.56. The van der Waals surface area contributed by atoms with Gasteiger partial charge in [0, 0.05) is 30.9 Å². The molecule has 0 unspecified atom stereocenters. The molecule has 142 valence electrons.